The molecular weight excluding hydrogens is 350 g/mol. The molecule has 0 radical (unpaired) electrons. The minimum absolute atomic E-state index is 0.297. The zero-order valence-electron chi connectivity index (χ0n) is 15.0. The highest BCUT2D eigenvalue weighted by molar-refractivity contribution is 7.90. The van der Waals surface area contributed by atoms with E-state index in [2.05, 4.69) is 20.4 Å². The van der Waals surface area contributed by atoms with Gasteiger partial charge in [-0.1, -0.05) is 12.1 Å². The van der Waals surface area contributed by atoms with Crippen LogP contribution in [0.3, 0.4) is 0 Å². The molecule has 1 aromatic carbocycles. The number of hydrogen-bond acceptors (Lipinski definition) is 6. The molecule has 0 saturated carbocycles. The lowest BCUT2D eigenvalue weighted by molar-refractivity contribution is 0.602. The Hall–Kier alpha value is -2.74. The smallest absolute Gasteiger partial charge is 0.175 e. The number of hydrogen-bond donors (Lipinski definition) is 1. The van der Waals surface area contributed by atoms with Crippen molar-refractivity contribution in [3.8, 4) is 11.3 Å². The van der Waals surface area contributed by atoms with E-state index in [4.69, 9.17) is 0 Å². The summed E-state index contributed by atoms with van der Waals surface area (Å²) in [6, 6.07) is 10.7. The summed E-state index contributed by atoms with van der Waals surface area (Å²) in [6.07, 6.45) is 2.74. The molecule has 2 heterocycles. The number of aryl methyl sites for hydroxylation is 2. The molecule has 3 aromatic rings. The van der Waals surface area contributed by atoms with Crippen LogP contribution in [0.2, 0.25) is 0 Å². The van der Waals surface area contributed by atoms with Crippen molar-refractivity contribution in [1.82, 2.24) is 19.7 Å². The quantitative estimate of drug-likeness (QED) is 0.716. The fraction of sp³-hybridized carbons (Fsp3) is 0.278. The van der Waals surface area contributed by atoms with Crippen molar-refractivity contribution in [3.63, 3.8) is 0 Å². The van der Waals surface area contributed by atoms with Gasteiger partial charge in [0.15, 0.2) is 9.84 Å². The third kappa shape index (κ3) is 4.08. The summed E-state index contributed by atoms with van der Waals surface area (Å²) in [5.41, 5.74) is 2.70. The first-order chi connectivity index (χ1) is 12.4. The van der Waals surface area contributed by atoms with Crippen molar-refractivity contribution in [2.75, 3.05) is 11.6 Å². The van der Waals surface area contributed by atoms with E-state index in [9.17, 15) is 8.42 Å². The molecule has 0 spiro atoms. The van der Waals surface area contributed by atoms with E-state index in [1.54, 1.807) is 30.6 Å². The summed E-state index contributed by atoms with van der Waals surface area (Å²) in [4.78, 5) is 9.17. The number of sulfone groups is 1. The Bertz CT molecular complexity index is 1010. The maximum atomic E-state index is 11.6. The Kier molecular flexibility index (Phi) is 5.03. The van der Waals surface area contributed by atoms with E-state index < -0.39 is 9.84 Å². The molecule has 3 rings (SSSR count). The average Bonchev–Trinajstić information content (AvgIpc) is 3.06. The second-order valence-electron chi connectivity index (χ2n) is 6.06. The third-order valence-electron chi connectivity index (χ3n) is 3.97. The van der Waals surface area contributed by atoms with Crippen molar-refractivity contribution >= 4 is 15.7 Å². The van der Waals surface area contributed by atoms with E-state index in [-0.39, 0.29) is 0 Å². The Morgan fingerprint density at radius 1 is 1.15 bits per heavy atom. The molecule has 0 unspecified atom stereocenters. The lowest BCUT2D eigenvalue weighted by Crippen LogP contribution is -2.10. The minimum Gasteiger partial charge on any atom is -0.363 e. The topological polar surface area (TPSA) is 89.8 Å². The first-order valence-corrected chi connectivity index (χ1v) is 10.2. The van der Waals surface area contributed by atoms with Crippen LogP contribution in [0.5, 0.6) is 0 Å². The van der Waals surface area contributed by atoms with Gasteiger partial charge in [-0.05, 0) is 43.7 Å². The lowest BCUT2D eigenvalue weighted by atomic mass is 10.1. The number of anilines is 1. The van der Waals surface area contributed by atoms with E-state index in [1.807, 2.05) is 30.7 Å². The number of aromatic nitrogens is 4. The van der Waals surface area contributed by atoms with Crippen LogP contribution in [0, 0.1) is 6.92 Å². The van der Waals surface area contributed by atoms with E-state index in [0.29, 0.717) is 11.4 Å². The number of nitrogens with zero attached hydrogens (tertiary/aromatic N) is 4. The van der Waals surface area contributed by atoms with E-state index in [1.165, 1.54) is 6.26 Å². The normalized spacial score (nSPS) is 11.5. The number of nitrogens with one attached hydrogen (secondary N) is 1. The largest absolute Gasteiger partial charge is 0.363 e. The summed E-state index contributed by atoms with van der Waals surface area (Å²) in [5.74, 6) is 1.58. The lowest BCUT2D eigenvalue weighted by Gasteiger charge is -2.10. The molecule has 0 aliphatic rings. The Balaban J connectivity index is 1.83. The highest BCUT2D eigenvalue weighted by atomic mass is 32.2. The van der Waals surface area contributed by atoms with Crippen LogP contribution in [0.25, 0.3) is 11.3 Å². The Morgan fingerprint density at radius 3 is 2.54 bits per heavy atom. The van der Waals surface area contributed by atoms with Crippen LogP contribution in [-0.4, -0.2) is 34.4 Å². The first-order valence-electron chi connectivity index (χ1n) is 8.26. The maximum absolute atomic E-state index is 11.6. The van der Waals surface area contributed by atoms with Gasteiger partial charge in [0.25, 0.3) is 0 Å². The van der Waals surface area contributed by atoms with Gasteiger partial charge in [0.05, 0.1) is 17.1 Å². The predicted octanol–water partition coefficient (Wildman–Crippen LogP) is 2.68. The molecule has 136 valence electrons. The van der Waals surface area contributed by atoms with Crippen LogP contribution in [0.15, 0.2) is 47.6 Å². The van der Waals surface area contributed by atoms with Gasteiger partial charge < -0.3 is 5.32 Å². The molecule has 7 nitrogen and oxygen atoms in total. The molecule has 1 N–H and O–H groups in total. The highest BCUT2D eigenvalue weighted by Crippen LogP contribution is 2.23. The zero-order chi connectivity index (χ0) is 18.7. The molecule has 0 atom stereocenters. The van der Waals surface area contributed by atoms with Crippen molar-refractivity contribution in [2.45, 2.75) is 31.8 Å². The van der Waals surface area contributed by atoms with Crippen LogP contribution in [-0.2, 0) is 22.9 Å². The van der Waals surface area contributed by atoms with Crippen molar-refractivity contribution < 1.29 is 8.42 Å². The van der Waals surface area contributed by atoms with E-state index >= 15 is 0 Å². The highest BCUT2D eigenvalue weighted by Gasteiger charge is 2.09. The summed E-state index contributed by atoms with van der Waals surface area (Å²) in [7, 11) is -3.21. The summed E-state index contributed by atoms with van der Waals surface area (Å²) >= 11 is 0. The zero-order valence-corrected chi connectivity index (χ0v) is 15.8. The van der Waals surface area contributed by atoms with Crippen molar-refractivity contribution in [2.24, 2.45) is 0 Å². The van der Waals surface area contributed by atoms with Gasteiger partial charge in [-0.25, -0.2) is 23.1 Å². The molecule has 0 amide bonds. The molecular formula is C18H21N5O2S. The maximum Gasteiger partial charge on any atom is 0.175 e. The van der Waals surface area contributed by atoms with Gasteiger partial charge in [-0.2, -0.15) is 5.10 Å². The molecule has 0 aliphatic heterocycles. The number of pyridine rings is 1. The van der Waals surface area contributed by atoms with Gasteiger partial charge in [0.1, 0.15) is 18.0 Å². The molecule has 0 bridgehead atoms. The second-order valence-corrected chi connectivity index (χ2v) is 8.07. The van der Waals surface area contributed by atoms with Crippen molar-refractivity contribution in [1.29, 1.82) is 0 Å². The van der Waals surface area contributed by atoms with Gasteiger partial charge in [-0.3, -0.25) is 0 Å². The molecule has 8 heteroatoms. The van der Waals surface area contributed by atoms with Gasteiger partial charge in [0.2, 0.25) is 0 Å². The Morgan fingerprint density at radius 2 is 1.88 bits per heavy atom. The fourth-order valence-corrected chi connectivity index (χ4v) is 3.27. The molecule has 26 heavy (non-hydrogen) atoms. The average molecular weight is 371 g/mol. The van der Waals surface area contributed by atoms with Gasteiger partial charge >= 0.3 is 0 Å². The van der Waals surface area contributed by atoms with Gasteiger partial charge in [-0.15, -0.1) is 0 Å². The summed E-state index contributed by atoms with van der Waals surface area (Å²) in [5, 5.41) is 7.43. The van der Waals surface area contributed by atoms with Gasteiger partial charge in [0, 0.05) is 18.4 Å². The summed E-state index contributed by atoms with van der Waals surface area (Å²) in [6.45, 7) is 5.30. The van der Waals surface area contributed by atoms with E-state index in [0.717, 1.165) is 35.0 Å². The van der Waals surface area contributed by atoms with Crippen LogP contribution in [0.1, 0.15) is 18.3 Å². The number of rotatable bonds is 6. The molecule has 0 saturated heterocycles. The van der Waals surface area contributed by atoms with Crippen LogP contribution >= 0.6 is 0 Å². The Labute approximate surface area is 153 Å². The molecule has 0 aliphatic carbocycles. The fourth-order valence-electron chi connectivity index (χ4n) is 2.64. The minimum atomic E-state index is -3.21. The standard InChI is InChI=1S/C18H21N5O2S/c1-4-23-18(20-12-21-23)11-19-17-10-13(2)9-16(22-17)14-5-7-15(8-6-14)26(3,24)25/h5-10,12H,4,11H2,1-3H3,(H,19,22). The SMILES string of the molecule is CCn1ncnc1CNc1cc(C)cc(-c2ccc(S(C)(=O)=O)cc2)n1. The number of benzene rings is 1. The van der Waals surface area contributed by atoms with Crippen LogP contribution < -0.4 is 5.32 Å². The molecule has 0 fully saturated rings. The second kappa shape index (κ2) is 7.25. The monoisotopic (exact) mass is 371 g/mol. The molecule has 2 aromatic heterocycles. The first kappa shape index (κ1) is 18.1. The van der Waals surface area contributed by atoms with Crippen LogP contribution in [0.4, 0.5) is 5.82 Å². The predicted molar refractivity (Wildman–Crippen MR) is 101 cm³/mol. The third-order valence-corrected chi connectivity index (χ3v) is 5.10. The summed E-state index contributed by atoms with van der Waals surface area (Å²) < 4.78 is 25.0. The van der Waals surface area contributed by atoms with Crippen molar-refractivity contribution in [3.05, 3.63) is 54.1 Å².